The fourth-order valence-corrected chi connectivity index (χ4v) is 2.35. The zero-order chi connectivity index (χ0) is 14.7. The summed E-state index contributed by atoms with van der Waals surface area (Å²) in [5.41, 5.74) is 0.995. The number of rotatable bonds is 4. The average Bonchev–Trinajstić information content (AvgIpc) is 3.12. The Morgan fingerprint density at radius 2 is 2.33 bits per heavy atom. The van der Waals surface area contributed by atoms with Crippen LogP contribution in [-0.2, 0) is 16.0 Å². The van der Waals surface area contributed by atoms with Crippen molar-refractivity contribution in [2.75, 3.05) is 18.5 Å². The van der Waals surface area contributed by atoms with Crippen molar-refractivity contribution in [2.24, 2.45) is 0 Å². The van der Waals surface area contributed by atoms with Crippen LogP contribution in [0.3, 0.4) is 0 Å². The molecule has 0 radical (unpaired) electrons. The minimum Gasteiger partial charge on any atom is -0.379 e. The van der Waals surface area contributed by atoms with E-state index in [1.165, 1.54) is 6.07 Å². The first-order valence-corrected chi connectivity index (χ1v) is 6.87. The second-order valence-electron chi connectivity index (χ2n) is 5.04. The summed E-state index contributed by atoms with van der Waals surface area (Å²) in [6.45, 7) is 1.38. The number of carbonyl (C=O) groups excluding carboxylic acids is 1. The molecule has 1 atom stereocenters. The number of halogens is 1. The molecule has 6 heteroatoms. The smallest absolute Gasteiger partial charge is 0.228 e. The second kappa shape index (κ2) is 6.05. The van der Waals surface area contributed by atoms with E-state index in [1.54, 1.807) is 35.3 Å². The van der Waals surface area contributed by atoms with Crippen molar-refractivity contribution in [1.82, 2.24) is 9.78 Å². The zero-order valence-electron chi connectivity index (χ0n) is 11.5. The number of hydrogen-bond donors (Lipinski definition) is 1. The van der Waals surface area contributed by atoms with E-state index in [2.05, 4.69) is 10.4 Å². The molecule has 3 rings (SSSR count). The van der Waals surface area contributed by atoms with Gasteiger partial charge < -0.3 is 10.1 Å². The SMILES string of the molecule is O=C(Cc1ccccc1F)Nc1cnn([C@H]2CCOC2)c1. The van der Waals surface area contributed by atoms with Crippen LogP contribution in [0.15, 0.2) is 36.7 Å². The summed E-state index contributed by atoms with van der Waals surface area (Å²) >= 11 is 0. The molecule has 1 N–H and O–H groups in total. The Bertz CT molecular complexity index is 635. The maximum absolute atomic E-state index is 13.5. The molecule has 1 aliphatic rings. The number of nitrogens with one attached hydrogen (secondary N) is 1. The van der Waals surface area contributed by atoms with Crippen molar-refractivity contribution in [3.05, 3.63) is 48.0 Å². The number of benzene rings is 1. The van der Waals surface area contributed by atoms with Crippen LogP contribution in [0.1, 0.15) is 18.0 Å². The number of ether oxygens (including phenoxy) is 1. The predicted molar refractivity (Wildman–Crippen MR) is 75.4 cm³/mol. The van der Waals surface area contributed by atoms with Crippen LogP contribution in [-0.4, -0.2) is 28.9 Å². The van der Waals surface area contributed by atoms with Crippen molar-refractivity contribution < 1.29 is 13.9 Å². The summed E-state index contributed by atoms with van der Waals surface area (Å²) in [7, 11) is 0. The third kappa shape index (κ3) is 3.28. The molecule has 110 valence electrons. The van der Waals surface area contributed by atoms with Crippen LogP contribution in [0.2, 0.25) is 0 Å². The van der Waals surface area contributed by atoms with Gasteiger partial charge in [0, 0.05) is 12.8 Å². The van der Waals surface area contributed by atoms with E-state index in [9.17, 15) is 9.18 Å². The molecule has 5 nitrogen and oxygen atoms in total. The molecule has 2 heterocycles. The van der Waals surface area contributed by atoms with Gasteiger partial charge in [0.25, 0.3) is 0 Å². The van der Waals surface area contributed by atoms with Crippen LogP contribution in [0.5, 0.6) is 0 Å². The van der Waals surface area contributed by atoms with Gasteiger partial charge in [0.2, 0.25) is 5.91 Å². The summed E-state index contributed by atoms with van der Waals surface area (Å²) in [5, 5.41) is 6.96. The summed E-state index contributed by atoms with van der Waals surface area (Å²) in [5.74, 6) is -0.631. The lowest BCUT2D eigenvalue weighted by Crippen LogP contribution is -2.15. The van der Waals surface area contributed by atoms with E-state index in [0.29, 0.717) is 17.9 Å². The molecule has 1 fully saturated rings. The lowest BCUT2D eigenvalue weighted by atomic mass is 10.1. The van der Waals surface area contributed by atoms with Gasteiger partial charge in [-0.3, -0.25) is 9.48 Å². The molecule has 1 saturated heterocycles. The highest BCUT2D eigenvalue weighted by Gasteiger charge is 2.18. The third-order valence-electron chi connectivity index (χ3n) is 3.47. The van der Waals surface area contributed by atoms with E-state index in [0.717, 1.165) is 13.0 Å². The molecule has 2 aromatic rings. The van der Waals surface area contributed by atoms with Crippen molar-refractivity contribution in [2.45, 2.75) is 18.9 Å². The van der Waals surface area contributed by atoms with Crippen molar-refractivity contribution >= 4 is 11.6 Å². The Balaban J connectivity index is 1.61. The van der Waals surface area contributed by atoms with Gasteiger partial charge in [-0.15, -0.1) is 0 Å². The number of carbonyl (C=O) groups is 1. The Morgan fingerprint density at radius 3 is 3.10 bits per heavy atom. The minimum absolute atomic E-state index is 0.00436. The molecule has 0 aliphatic carbocycles. The quantitative estimate of drug-likeness (QED) is 0.938. The first kappa shape index (κ1) is 13.8. The highest BCUT2D eigenvalue weighted by molar-refractivity contribution is 5.92. The fraction of sp³-hybridized carbons (Fsp3) is 0.333. The highest BCUT2D eigenvalue weighted by atomic mass is 19.1. The van der Waals surface area contributed by atoms with E-state index >= 15 is 0 Å². The largest absolute Gasteiger partial charge is 0.379 e. The number of hydrogen-bond acceptors (Lipinski definition) is 3. The van der Waals surface area contributed by atoms with Crippen molar-refractivity contribution in [1.29, 1.82) is 0 Å². The molecule has 0 bridgehead atoms. The fourth-order valence-electron chi connectivity index (χ4n) is 2.35. The summed E-state index contributed by atoms with van der Waals surface area (Å²) < 4.78 is 20.6. The third-order valence-corrected chi connectivity index (χ3v) is 3.47. The molecule has 0 saturated carbocycles. The predicted octanol–water partition coefficient (Wildman–Crippen LogP) is 2.16. The van der Waals surface area contributed by atoms with Crippen molar-refractivity contribution in [3.8, 4) is 0 Å². The summed E-state index contributed by atoms with van der Waals surface area (Å²) in [6.07, 6.45) is 4.30. The number of anilines is 1. The Morgan fingerprint density at radius 1 is 1.48 bits per heavy atom. The van der Waals surface area contributed by atoms with Crippen LogP contribution < -0.4 is 5.32 Å². The van der Waals surface area contributed by atoms with Crippen LogP contribution in [0.4, 0.5) is 10.1 Å². The highest BCUT2D eigenvalue weighted by Crippen LogP contribution is 2.19. The van der Waals surface area contributed by atoms with Gasteiger partial charge in [-0.25, -0.2) is 4.39 Å². The van der Waals surface area contributed by atoms with Gasteiger partial charge in [-0.05, 0) is 18.1 Å². The molecular formula is C15H16FN3O2. The first-order valence-electron chi connectivity index (χ1n) is 6.87. The zero-order valence-corrected chi connectivity index (χ0v) is 11.5. The van der Waals surface area contributed by atoms with Gasteiger partial charge >= 0.3 is 0 Å². The monoisotopic (exact) mass is 289 g/mol. The van der Waals surface area contributed by atoms with E-state index in [1.807, 2.05) is 0 Å². The van der Waals surface area contributed by atoms with E-state index in [-0.39, 0.29) is 24.2 Å². The van der Waals surface area contributed by atoms with Crippen molar-refractivity contribution in [3.63, 3.8) is 0 Å². The van der Waals surface area contributed by atoms with Crippen LogP contribution in [0.25, 0.3) is 0 Å². The summed E-state index contributed by atoms with van der Waals surface area (Å²) in [4.78, 5) is 11.9. The molecular weight excluding hydrogens is 273 g/mol. The molecule has 1 aromatic heterocycles. The number of amides is 1. The molecule has 21 heavy (non-hydrogen) atoms. The van der Waals surface area contributed by atoms with Gasteiger partial charge in [0.05, 0.1) is 31.0 Å². The average molecular weight is 289 g/mol. The molecule has 1 aliphatic heterocycles. The number of nitrogens with zero attached hydrogens (tertiary/aromatic N) is 2. The standard InChI is InChI=1S/C15H16FN3O2/c16-14-4-2-1-3-11(14)7-15(20)18-12-8-17-19(9-12)13-5-6-21-10-13/h1-4,8-9,13H,5-7,10H2,(H,18,20)/t13-/m0/s1. The minimum atomic E-state index is -0.369. The Kier molecular flexibility index (Phi) is 3.96. The van der Waals surface area contributed by atoms with Crippen LogP contribution in [0, 0.1) is 5.82 Å². The van der Waals surface area contributed by atoms with Gasteiger partial charge in [-0.2, -0.15) is 5.10 Å². The normalized spacial score (nSPS) is 17.9. The number of aromatic nitrogens is 2. The topological polar surface area (TPSA) is 56.2 Å². The molecule has 1 aromatic carbocycles. The van der Waals surface area contributed by atoms with Gasteiger partial charge in [-0.1, -0.05) is 18.2 Å². The maximum atomic E-state index is 13.5. The molecule has 0 unspecified atom stereocenters. The Hall–Kier alpha value is -2.21. The van der Waals surface area contributed by atoms with E-state index < -0.39 is 0 Å². The second-order valence-corrected chi connectivity index (χ2v) is 5.04. The lowest BCUT2D eigenvalue weighted by molar-refractivity contribution is -0.115. The van der Waals surface area contributed by atoms with E-state index in [4.69, 9.17) is 4.74 Å². The lowest BCUT2D eigenvalue weighted by Gasteiger charge is -2.07. The first-order chi connectivity index (χ1) is 10.2. The summed E-state index contributed by atoms with van der Waals surface area (Å²) in [6, 6.07) is 6.49. The van der Waals surface area contributed by atoms with Gasteiger partial charge in [0.1, 0.15) is 5.82 Å². The Labute approximate surface area is 121 Å². The molecule has 0 spiro atoms. The molecule has 1 amide bonds. The van der Waals surface area contributed by atoms with Crippen LogP contribution >= 0.6 is 0 Å². The maximum Gasteiger partial charge on any atom is 0.228 e. The van der Waals surface area contributed by atoms with Gasteiger partial charge in [0.15, 0.2) is 0 Å².